The van der Waals surface area contributed by atoms with Gasteiger partial charge in [0, 0.05) is 18.7 Å². The molecule has 6 nitrogen and oxygen atoms in total. The van der Waals surface area contributed by atoms with Crippen LogP contribution in [0, 0.1) is 12.8 Å². The molecule has 0 radical (unpaired) electrons. The first kappa shape index (κ1) is 18.9. The number of nitrogens with one attached hydrogen (secondary N) is 1. The molecule has 2 aromatic rings. The van der Waals surface area contributed by atoms with E-state index in [2.05, 4.69) is 10.3 Å². The van der Waals surface area contributed by atoms with Gasteiger partial charge in [-0.25, -0.2) is 9.97 Å². The molecule has 1 aliphatic heterocycles. The van der Waals surface area contributed by atoms with Gasteiger partial charge in [-0.05, 0) is 49.6 Å². The zero-order chi connectivity index (χ0) is 19.3. The summed E-state index contributed by atoms with van der Waals surface area (Å²) in [5, 5.41) is 3.25. The molecule has 0 unspecified atom stereocenters. The fourth-order valence-corrected chi connectivity index (χ4v) is 4.07. The Balaban J connectivity index is 1.44. The molecule has 6 heteroatoms. The molecule has 1 saturated carbocycles. The summed E-state index contributed by atoms with van der Waals surface area (Å²) in [4.78, 5) is 23.9. The first-order chi connectivity index (χ1) is 13.7. The maximum Gasteiger partial charge on any atom is 0.225 e. The largest absolute Gasteiger partial charge is 0.368 e. The Morgan fingerprint density at radius 2 is 2.04 bits per heavy atom. The number of rotatable bonds is 4. The Kier molecular flexibility index (Phi) is 5.86. The van der Waals surface area contributed by atoms with Gasteiger partial charge in [0.2, 0.25) is 5.91 Å². The molecule has 2 aliphatic rings. The van der Waals surface area contributed by atoms with Crippen LogP contribution < -0.4 is 5.32 Å². The minimum Gasteiger partial charge on any atom is -0.368 e. The van der Waals surface area contributed by atoms with Gasteiger partial charge >= 0.3 is 0 Å². The van der Waals surface area contributed by atoms with E-state index in [9.17, 15) is 4.79 Å². The van der Waals surface area contributed by atoms with Crippen molar-refractivity contribution in [2.24, 2.45) is 5.92 Å². The van der Waals surface area contributed by atoms with E-state index in [0.717, 1.165) is 35.7 Å². The highest BCUT2D eigenvalue weighted by atomic mass is 16.5. The Hall–Kier alpha value is -2.47. The molecule has 2 fully saturated rings. The Morgan fingerprint density at radius 3 is 2.86 bits per heavy atom. The van der Waals surface area contributed by atoms with E-state index in [4.69, 9.17) is 9.72 Å². The lowest BCUT2D eigenvalue weighted by Crippen LogP contribution is -2.45. The van der Waals surface area contributed by atoms with E-state index < -0.39 is 0 Å². The van der Waals surface area contributed by atoms with Gasteiger partial charge in [-0.3, -0.25) is 4.79 Å². The lowest BCUT2D eigenvalue weighted by atomic mass is 9.88. The maximum atomic E-state index is 12.9. The van der Waals surface area contributed by atoms with E-state index in [-0.39, 0.29) is 12.0 Å². The van der Waals surface area contributed by atoms with Crippen molar-refractivity contribution in [3.05, 3.63) is 47.8 Å². The average Bonchev–Trinajstić information content (AvgIpc) is 2.74. The molecule has 1 N–H and O–H groups in total. The summed E-state index contributed by atoms with van der Waals surface area (Å²) in [6.07, 6.45) is 7.26. The van der Waals surface area contributed by atoms with Crippen LogP contribution in [-0.4, -0.2) is 40.5 Å². The summed E-state index contributed by atoms with van der Waals surface area (Å²) in [5.74, 6) is 1.99. The predicted octanol–water partition coefficient (Wildman–Crippen LogP) is 4.01. The third-order valence-corrected chi connectivity index (χ3v) is 5.60. The summed E-state index contributed by atoms with van der Waals surface area (Å²) < 4.78 is 5.96. The van der Waals surface area contributed by atoms with Gasteiger partial charge < -0.3 is 15.0 Å². The normalized spacial score (nSPS) is 20.8. The topological polar surface area (TPSA) is 67.4 Å². The SMILES string of the molecule is Cc1ccnc(Nc2cccc([C@H]3CN(C(=O)C4CCCCC4)CCO3)n2)c1. The number of hydrogen-bond acceptors (Lipinski definition) is 5. The van der Waals surface area contributed by atoms with Crippen LogP contribution in [0.4, 0.5) is 11.6 Å². The first-order valence-corrected chi connectivity index (χ1v) is 10.3. The van der Waals surface area contributed by atoms with E-state index in [1.54, 1.807) is 6.20 Å². The number of ether oxygens (including phenoxy) is 1. The van der Waals surface area contributed by atoms with Crippen LogP contribution in [0.15, 0.2) is 36.5 Å². The fraction of sp³-hybridized carbons (Fsp3) is 0.500. The molecule has 0 aromatic carbocycles. The van der Waals surface area contributed by atoms with Crippen molar-refractivity contribution < 1.29 is 9.53 Å². The van der Waals surface area contributed by atoms with E-state index in [1.807, 2.05) is 42.2 Å². The second-order valence-corrected chi connectivity index (χ2v) is 7.77. The molecule has 1 aliphatic carbocycles. The van der Waals surface area contributed by atoms with Gasteiger partial charge in [-0.2, -0.15) is 0 Å². The molecule has 1 saturated heterocycles. The molecule has 28 heavy (non-hydrogen) atoms. The summed E-state index contributed by atoms with van der Waals surface area (Å²) >= 11 is 0. The molecule has 3 heterocycles. The number of amides is 1. The molecule has 1 atom stereocenters. The van der Waals surface area contributed by atoms with Crippen LogP contribution in [-0.2, 0) is 9.53 Å². The van der Waals surface area contributed by atoms with Crippen LogP contribution in [0.1, 0.15) is 49.5 Å². The minimum absolute atomic E-state index is 0.187. The smallest absolute Gasteiger partial charge is 0.225 e. The number of carbonyl (C=O) groups is 1. The number of anilines is 2. The van der Waals surface area contributed by atoms with Crippen LogP contribution in [0.5, 0.6) is 0 Å². The van der Waals surface area contributed by atoms with Crippen LogP contribution in [0.3, 0.4) is 0 Å². The summed E-state index contributed by atoms with van der Waals surface area (Å²) in [6.45, 7) is 3.85. The number of nitrogens with zero attached hydrogens (tertiary/aromatic N) is 3. The lowest BCUT2D eigenvalue weighted by Gasteiger charge is -2.35. The minimum atomic E-state index is -0.187. The summed E-state index contributed by atoms with van der Waals surface area (Å²) in [7, 11) is 0. The second-order valence-electron chi connectivity index (χ2n) is 7.77. The van der Waals surface area contributed by atoms with Gasteiger partial charge in [-0.15, -0.1) is 0 Å². The quantitative estimate of drug-likeness (QED) is 0.868. The van der Waals surface area contributed by atoms with Gasteiger partial charge in [0.1, 0.15) is 17.7 Å². The van der Waals surface area contributed by atoms with Gasteiger partial charge in [-0.1, -0.05) is 25.3 Å². The Labute approximate surface area is 166 Å². The van der Waals surface area contributed by atoms with Crippen molar-refractivity contribution in [2.45, 2.75) is 45.1 Å². The molecular weight excluding hydrogens is 352 g/mol. The van der Waals surface area contributed by atoms with Crippen LogP contribution in [0.25, 0.3) is 0 Å². The van der Waals surface area contributed by atoms with Crippen molar-refractivity contribution in [1.82, 2.24) is 14.9 Å². The maximum absolute atomic E-state index is 12.9. The third-order valence-electron chi connectivity index (χ3n) is 5.60. The zero-order valence-corrected chi connectivity index (χ0v) is 16.4. The summed E-state index contributed by atoms with van der Waals surface area (Å²) in [5.41, 5.74) is 1.99. The van der Waals surface area contributed by atoms with Gasteiger partial charge in [0.05, 0.1) is 18.8 Å². The molecule has 1 amide bonds. The second kappa shape index (κ2) is 8.69. The average molecular weight is 380 g/mol. The van der Waals surface area contributed by atoms with E-state index >= 15 is 0 Å². The number of morpholine rings is 1. The molecule has 148 valence electrons. The number of aryl methyl sites for hydroxylation is 1. The van der Waals surface area contributed by atoms with Crippen molar-refractivity contribution in [2.75, 3.05) is 25.0 Å². The molecule has 0 bridgehead atoms. The van der Waals surface area contributed by atoms with E-state index in [0.29, 0.717) is 25.6 Å². The Bertz CT molecular complexity index is 820. The molecular formula is C22H28N4O2. The highest BCUT2D eigenvalue weighted by Crippen LogP contribution is 2.28. The first-order valence-electron chi connectivity index (χ1n) is 10.3. The summed E-state index contributed by atoms with van der Waals surface area (Å²) in [6, 6.07) is 9.79. The van der Waals surface area contributed by atoms with Crippen molar-refractivity contribution in [3.63, 3.8) is 0 Å². The van der Waals surface area contributed by atoms with Gasteiger partial charge in [0.25, 0.3) is 0 Å². The van der Waals surface area contributed by atoms with E-state index in [1.165, 1.54) is 19.3 Å². The number of aromatic nitrogens is 2. The highest BCUT2D eigenvalue weighted by Gasteiger charge is 2.31. The van der Waals surface area contributed by atoms with Crippen LogP contribution in [0.2, 0.25) is 0 Å². The lowest BCUT2D eigenvalue weighted by molar-refractivity contribution is -0.144. The van der Waals surface area contributed by atoms with Crippen molar-refractivity contribution in [1.29, 1.82) is 0 Å². The zero-order valence-electron chi connectivity index (χ0n) is 16.4. The molecule has 0 spiro atoms. The molecule has 2 aromatic heterocycles. The third kappa shape index (κ3) is 4.50. The van der Waals surface area contributed by atoms with Crippen molar-refractivity contribution in [3.8, 4) is 0 Å². The number of carbonyl (C=O) groups excluding carboxylic acids is 1. The van der Waals surface area contributed by atoms with Crippen LogP contribution >= 0.6 is 0 Å². The standard InChI is InChI=1S/C22H28N4O2/c1-16-10-11-23-21(14-16)25-20-9-5-8-18(24-20)19-15-26(12-13-28-19)22(27)17-6-3-2-4-7-17/h5,8-11,14,17,19H,2-4,6-7,12-13,15H2,1H3,(H,23,24,25)/t19-/m1/s1. The molecule has 4 rings (SSSR count). The number of hydrogen-bond donors (Lipinski definition) is 1. The predicted molar refractivity (Wildman–Crippen MR) is 108 cm³/mol. The van der Waals surface area contributed by atoms with Gasteiger partial charge in [0.15, 0.2) is 0 Å². The highest BCUT2D eigenvalue weighted by molar-refractivity contribution is 5.79. The fourth-order valence-electron chi connectivity index (χ4n) is 4.07. The Morgan fingerprint density at radius 1 is 1.18 bits per heavy atom. The van der Waals surface area contributed by atoms with Crippen molar-refractivity contribution >= 4 is 17.5 Å². The number of pyridine rings is 2. The monoisotopic (exact) mass is 380 g/mol.